The molecule has 0 atom stereocenters. The number of rotatable bonds is 88. The Labute approximate surface area is 926 Å². The molecule has 0 heterocycles. The summed E-state index contributed by atoms with van der Waals surface area (Å²) in [4.78, 5) is 67.5. The van der Waals surface area contributed by atoms with Crippen LogP contribution >= 0.6 is 31.6 Å². The lowest BCUT2D eigenvalue weighted by Gasteiger charge is -2.39. The smallest absolute Gasteiger partial charge is 0.110 e. The Kier molecular flexibility index (Phi) is 143. The van der Waals surface area contributed by atoms with Gasteiger partial charge in [0.05, 0.1) is 209 Å². The van der Waals surface area contributed by atoms with Crippen molar-refractivity contribution in [1.82, 2.24) is 0 Å². The molecule has 0 aromatic carbocycles. The highest BCUT2D eigenvalue weighted by Crippen LogP contribution is 2.28. The van der Waals surface area contributed by atoms with Crippen molar-refractivity contribution in [3.05, 3.63) is 0 Å². The van der Waals surface area contributed by atoms with Crippen molar-refractivity contribution in [2.45, 2.75) is 581 Å². The van der Waals surface area contributed by atoms with Crippen LogP contribution in [-0.2, 0) is 18.3 Å². The van der Waals surface area contributed by atoms with E-state index in [2.05, 4.69) is 222 Å². The Morgan fingerprint density at radius 3 is 0.176 bits per heavy atom. The first kappa shape index (κ1) is 173. The van der Waals surface area contributed by atoms with Crippen LogP contribution in [0.1, 0.15) is 581 Å². The standard InChI is InChI=1S/8C15H34N.4FH2O3P/c8*1-5-9-13-16(12-8-4,14-10-6-2)15-11-7-3;4*1-5(2,3)4/h8*5-15H2,1-4H3;4*(H2,2,3,4)/q8*+1;;;;/p-8. The Morgan fingerprint density at radius 1 is 0.108 bits per heavy atom. The van der Waals surface area contributed by atoms with Crippen LogP contribution < -0.4 is 39.1 Å². The lowest BCUT2D eigenvalue weighted by molar-refractivity contribution is -0.928. The molecular weight excluding hydrogens is 1950 g/mol. The van der Waals surface area contributed by atoms with Gasteiger partial charge in [0.2, 0.25) is 0 Å². The third-order valence-corrected chi connectivity index (χ3v) is 29.2. The Balaban J connectivity index is -0.000000139. The van der Waals surface area contributed by atoms with Gasteiger partial charge in [-0.25, -0.2) is 16.8 Å². The topological polar surface area (TPSA) is 253 Å². The van der Waals surface area contributed by atoms with Gasteiger partial charge in [-0.3, -0.25) is 0 Å². The minimum atomic E-state index is -5.64. The summed E-state index contributed by atoms with van der Waals surface area (Å²) in [6.45, 7) is 120. The van der Waals surface area contributed by atoms with Crippen LogP contribution in [0, 0.1) is 0 Å². The summed E-state index contributed by atoms with van der Waals surface area (Å²) in [5.41, 5.74) is 0. The average molecular weight is 2220 g/mol. The number of nitrogens with zero attached hydrogens (tertiary/aromatic N) is 8. The zero-order valence-electron chi connectivity index (χ0n) is 106. The van der Waals surface area contributed by atoms with Crippen molar-refractivity contribution in [2.75, 3.05) is 209 Å². The predicted octanol–water partition coefficient (Wildman–Crippen LogP) is 32.0. The molecule has 0 unspecified atom stereocenters. The summed E-state index contributed by atoms with van der Waals surface area (Å²) >= 11 is 0. The molecule has 0 rings (SSSR count). The highest BCUT2D eigenvalue weighted by atomic mass is 31.2. The van der Waals surface area contributed by atoms with E-state index in [1.807, 2.05) is 0 Å². The fourth-order valence-electron chi connectivity index (χ4n) is 21.0. The van der Waals surface area contributed by atoms with Crippen molar-refractivity contribution in [3.63, 3.8) is 0 Å². The summed E-state index contributed by atoms with van der Waals surface area (Å²) in [5, 5.41) is 0. The molecule has 0 N–H and O–H groups in total. The first-order valence-electron chi connectivity index (χ1n) is 63.6. The Morgan fingerprint density at radius 2 is 0.149 bits per heavy atom. The van der Waals surface area contributed by atoms with Gasteiger partial charge >= 0.3 is 0 Å². The number of unbranched alkanes of at least 4 members (excludes halogenated alkanes) is 24. The molecule has 0 amide bonds. The van der Waals surface area contributed by atoms with Crippen molar-refractivity contribution < 1.29 is 110 Å². The van der Waals surface area contributed by atoms with Crippen LogP contribution in [-0.4, -0.2) is 245 Å². The van der Waals surface area contributed by atoms with Crippen molar-refractivity contribution in [1.29, 1.82) is 0 Å². The van der Waals surface area contributed by atoms with Gasteiger partial charge in [-0.1, -0.05) is 376 Å². The third kappa shape index (κ3) is 133. The van der Waals surface area contributed by atoms with E-state index in [1.165, 1.54) is 605 Å². The zero-order chi connectivity index (χ0) is 116. The van der Waals surface area contributed by atoms with E-state index in [-0.39, 0.29) is 0 Å². The van der Waals surface area contributed by atoms with Gasteiger partial charge in [-0.05, 0) is 205 Å². The van der Waals surface area contributed by atoms with E-state index in [0.717, 1.165) is 0 Å². The number of quaternary nitrogens is 8. The third-order valence-electron chi connectivity index (χ3n) is 29.2. The number of hydrogen-bond acceptors (Lipinski definition) is 12. The minimum absolute atomic E-state index is 1.34. The van der Waals surface area contributed by atoms with Crippen LogP contribution in [0.2, 0.25) is 0 Å². The van der Waals surface area contributed by atoms with E-state index >= 15 is 0 Å². The van der Waals surface area contributed by atoms with E-state index in [9.17, 15) is 16.8 Å². The van der Waals surface area contributed by atoms with Crippen LogP contribution in [0.4, 0.5) is 16.8 Å². The lowest BCUT2D eigenvalue weighted by atomic mass is 10.1. The van der Waals surface area contributed by atoms with Crippen molar-refractivity contribution >= 4 is 31.6 Å². The fraction of sp³-hybridized carbons (Fsp3) is 1.00. The van der Waals surface area contributed by atoms with Gasteiger partial charge < -0.3 is 93.3 Å². The quantitative estimate of drug-likeness (QED) is 0.0313. The molecule has 0 aliphatic carbocycles. The maximum absolute atomic E-state index is 10.1. The van der Waals surface area contributed by atoms with Gasteiger partial charge in [0.1, 0.15) is 31.6 Å². The van der Waals surface area contributed by atoms with Crippen molar-refractivity contribution in [3.8, 4) is 0 Å². The molecule has 0 bridgehead atoms. The Bertz CT molecular complexity index is 2020. The second-order valence-electron chi connectivity index (χ2n) is 44.1. The number of halogens is 4. The predicted molar refractivity (Wildman–Crippen MR) is 633 cm³/mol. The van der Waals surface area contributed by atoms with Crippen LogP contribution in [0.3, 0.4) is 0 Å². The SMILES string of the molecule is CCCC[N+](CCC)(CCCC)CCCC.CCCC[N+](CCC)(CCCC)CCCC.CCCC[N+](CCC)(CCCC)CCCC.CCCC[N+](CCC)(CCCC)CCCC.CCCC[N+](CCC)(CCCC)CCCC.CCCC[N+](CCC)(CCCC)CCCC.CCCC[N+](CCC)(CCCC)CCCC.CCCC[N+](CCC)(CCCC)CCCC.O=P([O-])([O-])F.O=P([O-])([O-])F.O=P([O-])([O-])F.O=P([O-])([O-])F. The molecule has 0 aromatic rings. The summed E-state index contributed by atoms with van der Waals surface area (Å²) in [6, 6.07) is 0. The Hall–Kier alpha value is -0.000000000000000167. The van der Waals surface area contributed by atoms with E-state index in [4.69, 9.17) is 57.4 Å². The maximum Gasteiger partial charge on any atom is 0.110 e. The van der Waals surface area contributed by atoms with Crippen LogP contribution in [0.15, 0.2) is 0 Å². The first-order valence-corrected chi connectivity index (χ1v) is 69.3. The van der Waals surface area contributed by atoms with Gasteiger partial charge in [0.15, 0.2) is 0 Å². The van der Waals surface area contributed by atoms with E-state index in [0.29, 0.717) is 0 Å². The number of hydrogen-bond donors (Lipinski definition) is 0. The lowest BCUT2D eigenvalue weighted by Crippen LogP contribution is -2.50. The summed E-state index contributed by atoms with van der Waals surface area (Å²) in [5.74, 6) is 0. The molecule has 0 fully saturated rings. The molecule has 0 aliphatic heterocycles. The highest BCUT2D eigenvalue weighted by molar-refractivity contribution is 7.43. The minimum Gasteiger partial charge on any atom is -0.786 e. The first-order chi connectivity index (χ1) is 69.9. The molecule has 0 saturated heterocycles. The molecule has 912 valence electrons. The van der Waals surface area contributed by atoms with E-state index < -0.39 is 31.6 Å². The van der Waals surface area contributed by atoms with Gasteiger partial charge in [0.25, 0.3) is 0 Å². The molecule has 28 heteroatoms. The molecule has 20 nitrogen and oxygen atoms in total. The van der Waals surface area contributed by atoms with Crippen molar-refractivity contribution in [2.24, 2.45) is 0 Å². The van der Waals surface area contributed by atoms with E-state index in [1.54, 1.807) is 0 Å². The summed E-state index contributed by atoms with van der Waals surface area (Å²) < 4.78 is 85.5. The second kappa shape index (κ2) is 122. The molecular formula is C120H272F4N8O12P4. The van der Waals surface area contributed by atoms with Gasteiger partial charge in [-0.15, -0.1) is 0 Å². The molecule has 0 aliphatic rings. The summed E-state index contributed by atoms with van der Waals surface area (Å²) in [7, 11) is -22.6. The normalized spacial score (nSPS) is 12.0. The van der Waals surface area contributed by atoms with Gasteiger partial charge in [-0.2, -0.15) is 0 Å². The molecule has 0 aromatic heterocycles. The highest BCUT2D eigenvalue weighted by Gasteiger charge is 2.32. The maximum atomic E-state index is 10.1. The second-order valence-corrected chi connectivity index (χ2v) is 47.5. The monoisotopic (exact) mass is 2220 g/mol. The zero-order valence-corrected chi connectivity index (χ0v) is 110. The average Bonchev–Trinajstić information content (AvgIpc) is 0.917. The summed E-state index contributed by atoms with van der Waals surface area (Å²) in [6.07, 6.45) is 77.0. The van der Waals surface area contributed by atoms with Gasteiger partial charge in [0, 0.05) is 0 Å². The molecule has 148 heavy (non-hydrogen) atoms. The van der Waals surface area contributed by atoms with Crippen LogP contribution in [0.5, 0.6) is 0 Å². The largest absolute Gasteiger partial charge is 0.786 e. The van der Waals surface area contributed by atoms with Crippen LogP contribution in [0.25, 0.3) is 0 Å². The molecule has 0 radical (unpaired) electrons. The fourth-order valence-corrected chi connectivity index (χ4v) is 21.0. The molecule has 0 spiro atoms. The molecule has 0 saturated carbocycles.